The zero-order chi connectivity index (χ0) is 11.4. The Balaban J connectivity index is 2.74. The highest BCUT2D eigenvalue weighted by Gasteiger charge is 2.06. The van der Waals surface area contributed by atoms with Crippen LogP contribution in [0.1, 0.15) is 22.8 Å². The average Bonchev–Trinajstić information content (AvgIpc) is 2.18. The molecule has 0 aliphatic rings. The van der Waals surface area contributed by atoms with Crippen LogP contribution in [0.15, 0.2) is 30.4 Å². The van der Waals surface area contributed by atoms with Crippen molar-refractivity contribution in [3.8, 4) is 0 Å². The van der Waals surface area contributed by atoms with E-state index in [1.165, 1.54) is 6.07 Å². The van der Waals surface area contributed by atoms with Gasteiger partial charge in [0.05, 0.1) is 0 Å². The quantitative estimate of drug-likeness (QED) is 0.758. The van der Waals surface area contributed by atoms with Gasteiger partial charge in [0.1, 0.15) is 5.82 Å². The summed E-state index contributed by atoms with van der Waals surface area (Å²) in [5.41, 5.74) is 1.72. The molecule has 3 heteroatoms. The maximum atomic E-state index is 13.1. The number of benzene rings is 1. The lowest BCUT2D eigenvalue weighted by Gasteiger charge is -2.05. The van der Waals surface area contributed by atoms with Gasteiger partial charge in [-0.15, -0.1) is 0 Å². The molecule has 0 heterocycles. The summed E-state index contributed by atoms with van der Waals surface area (Å²) in [6.45, 7) is 7.55. The number of carbonyl (C=O) groups excluding carboxylic acids is 1. The Morgan fingerprint density at radius 3 is 2.73 bits per heavy atom. The van der Waals surface area contributed by atoms with Crippen molar-refractivity contribution >= 4 is 5.91 Å². The third kappa shape index (κ3) is 3.20. The summed E-state index contributed by atoms with van der Waals surface area (Å²) in [7, 11) is 0. The number of rotatable bonds is 3. The van der Waals surface area contributed by atoms with Crippen LogP contribution in [0.5, 0.6) is 0 Å². The third-order valence-electron chi connectivity index (χ3n) is 1.98. The summed E-state index contributed by atoms with van der Waals surface area (Å²) in [4.78, 5) is 11.5. The van der Waals surface area contributed by atoms with Gasteiger partial charge in [-0.25, -0.2) is 4.39 Å². The lowest BCUT2D eigenvalue weighted by atomic mass is 10.1. The van der Waals surface area contributed by atoms with Crippen molar-refractivity contribution in [3.05, 3.63) is 47.3 Å². The number of amides is 1. The lowest BCUT2D eigenvalue weighted by molar-refractivity contribution is 0.0956. The minimum atomic E-state index is -0.363. The molecule has 1 N–H and O–H groups in total. The van der Waals surface area contributed by atoms with Gasteiger partial charge in [0.2, 0.25) is 0 Å². The molecule has 2 nitrogen and oxygen atoms in total. The number of aryl methyl sites for hydroxylation is 1. The first-order valence-corrected chi connectivity index (χ1v) is 4.69. The largest absolute Gasteiger partial charge is 0.348 e. The molecular weight excluding hydrogens is 193 g/mol. The Hall–Kier alpha value is -1.64. The molecule has 0 saturated heterocycles. The number of nitrogens with one attached hydrogen (secondary N) is 1. The molecule has 0 aliphatic carbocycles. The van der Waals surface area contributed by atoms with Gasteiger partial charge in [-0.3, -0.25) is 4.79 Å². The lowest BCUT2D eigenvalue weighted by Crippen LogP contribution is -2.24. The van der Waals surface area contributed by atoms with Crippen LogP contribution in [0.3, 0.4) is 0 Å². The molecule has 0 saturated carbocycles. The molecule has 0 atom stereocenters. The molecule has 1 amide bonds. The molecule has 1 aromatic rings. The topological polar surface area (TPSA) is 29.1 Å². The van der Waals surface area contributed by atoms with Crippen molar-refractivity contribution < 1.29 is 9.18 Å². The zero-order valence-corrected chi connectivity index (χ0v) is 8.93. The van der Waals surface area contributed by atoms with E-state index in [1.54, 1.807) is 19.1 Å². The SMILES string of the molecule is C=C(C)CNC(=O)c1ccc(C)c(F)c1. The van der Waals surface area contributed by atoms with Crippen LogP contribution in [0.2, 0.25) is 0 Å². The van der Waals surface area contributed by atoms with Crippen LogP contribution in [-0.2, 0) is 0 Å². The van der Waals surface area contributed by atoms with Crippen LogP contribution in [0.4, 0.5) is 4.39 Å². The highest BCUT2D eigenvalue weighted by molar-refractivity contribution is 5.94. The van der Waals surface area contributed by atoms with Crippen molar-refractivity contribution in [2.24, 2.45) is 0 Å². The predicted molar refractivity (Wildman–Crippen MR) is 58.3 cm³/mol. The van der Waals surface area contributed by atoms with E-state index in [2.05, 4.69) is 11.9 Å². The van der Waals surface area contributed by atoms with E-state index in [-0.39, 0.29) is 11.7 Å². The fourth-order valence-electron chi connectivity index (χ4n) is 1.07. The van der Waals surface area contributed by atoms with Gasteiger partial charge in [-0.05, 0) is 31.5 Å². The molecular formula is C12H14FNO. The number of halogens is 1. The molecule has 0 bridgehead atoms. The number of hydrogen-bond acceptors (Lipinski definition) is 1. The maximum absolute atomic E-state index is 13.1. The fraction of sp³-hybridized carbons (Fsp3) is 0.250. The molecule has 0 aromatic heterocycles. The number of carbonyl (C=O) groups is 1. The highest BCUT2D eigenvalue weighted by Crippen LogP contribution is 2.08. The summed E-state index contributed by atoms with van der Waals surface area (Å²) in [5.74, 6) is -0.644. The van der Waals surface area contributed by atoms with E-state index >= 15 is 0 Å². The summed E-state index contributed by atoms with van der Waals surface area (Å²) < 4.78 is 13.1. The van der Waals surface area contributed by atoms with Gasteiger partial charge < -0.3 is 5.32 Å². The molecule has 0 spiro atoms. The molecule has 1 aromatic carbocycles. The summed E-state index contributed by atoms with van der Waals surface area (Å²) in [6, 6.07) is 4.43. The monoisotopic (exact) mass is 207 g/mol. The molecule has 0 radical (unpaired) electrons. The van der Waals surface area contributed by atoms with E-state index in [9.17, 15) is 9.18 Å². The van der Waals surface area contributed by atoms with E-state index < -0.39 is 0 Å². The second-order valence-electron chi connectivity index (χ2n) is 3.60. The first-order chi connectivity index (χ1) is 7.00. The maximum Gasteiger partial charge on any atom is 0.251 e. The van der Waals surface area contributed by atoms with Crippen molar-refractivity contribution in [1.82, 2.24) is 5.32 Å². The van der Waals surface area contributed by atoms with Crippen molar-refractivity contribution in [2.75, 3.05) is 6.54 Å². The molecule has 15 heavy (non-hydrogen) atoms. The smallest absolute Gasteiger partial charge is 0.251 e. The van der Waals surface area contributed by atoms with Crippen LogP contribution in [0.25, 0.3) is 0 Å². The van der Waals surface area contributed by atoms with E-state index in [0.29, 0.717) is 17.7 Å². The molecule has 1 rings (SSSR count). The fourth-order valence-corrected chi connectivity index (χ4v) is 1.07. The van der Waals surface area contributed by atoms with E-state index in [0.717, 1.165) is 5.57 Å². The zero-order valence-electron chi connectivity index (χ0n) is 8.93. The Labute approximate surface area is 88.8 Å². The normalized spacial score (nSPS) is 9.80. The van der Waals surface area contributed by atoms with Crippen LogP contribution in [-0.4, -0.2) is 12.5 Å². The van der Waals surface area contributed by atoms with Gasteiger partial charge in [0.15, 0.2) is 0 Å². The first-order valence-electron chi connectivity index (χ1n) is 4.69. The Morgan fingerprint density at radius 2 is 2.20 bits per heavy atom. The molecule has 80 valence electrons. The average molecular weight is 207 g/mol. The van der Waals surface area contributed by atoms with Gasteiger partial charge in [0, 0.05) is 12.1 Å². The third-order valence-corrected chi connectivity index (χ3v) is 1.98. The van der Waals surface area contributed by atoms with Gasteiger partial charge >= 0.3 is 0 Å². The van der Waals surface area contributed by atoms with E-state index in [4.69, 9.17) is 0 Å². The van der Waals surface area contributed by atoms with Gasteiger partial charge in [-0.1, -0.05) is 18.2 Å². The van der Waals surface area contributed by atoms with E-state index in [1.807, 2.05) is 6.92 Å². The first kappa shape index (κ1) is 11.4. The van der Waals surface area contributed by atoms with Gasteiger partial charge in [-0.2, -0.15) is 0 Å². The van der Waals surface area contributed by atoms with Crippen LogP contribution in [0, 0.1) is 12.7 Å². The van der Waals surface area contributed by atoms with Crippen LogP contribution < -0.4 is 5.32 Å². The molecule has 0 fully saturated rings. The second-order valence-corrected chi connectivity index (χ2v) is 3.60. The molecule has 0 aliphatic heterocycles. The second kappa shape index (κ2) is 4.73. The van der Waals surface area contributed by atoms with Gasteiger partial charge in [0.25, 0.3) is 5.91 Å². The Kier molecular flexibility index (Phi) is 3.61. The van der Waals surface area contributed by atoms with Crippen LogP contribution >= 0.6 is 0 Å². The van der Waals surface area contributed by atoms with Crippen molar-refractivity contribution in [2.45, 2.75) is 13.8 Å². The Bertz CT molecular complexity index is 399. The Morgan fingerprint density at radius 1 is 1.53 bits per heavy atom. The van der Waals surface area contributed by atoms with Crippen molar-refractivity contribution in [3.63, 3.8) is 0 Å². The van der Waals surface area contributed by atoms with Crippen molar-refractivity contribution in [1.29, 1.82) is 0 Å². The molecule has 0 unspecified atom stereocenters. The standard InChI is InChI=1S/C12H14FNO/c1-8(2)7-14-12(15)10-5-4-9(3)11(13)6-10/h4-6H,1,7H2,2-3H3,(H,14,15). The summed E-state index contributed by atoms with van der Waals surface area (Å²) in [5, 5.41) is 2.64. The summed E-state index contributed by atoms with van der Waals surface area (Å²) in [6.07, 6.45) is 0. The minimum Gasteiger partial charge on any atom is -0.348 e. The summed E-state index contributed by atoms with van der Waals surface area (Å²) >= 11 is 0. The number of hydrogen-bond donors (Lipinski definition) is 1. The highest BCUT2D eigenvalue weighted by atomic mass is 19.1. The predicted octanol–water partition coefficient (Wildman–Crippen LogP) is 2.44. The minimum absolute atomic E-state index is 0.281.